The number of esters is 1. The number of nitro benzene ring substituents is 1. The first kappa shape index (κ1) is 20.3. The number of hydrogen-bond acceptors (Lipinski definition) is 9. The number of nitrogens with one attached hydrogen (secondary N) is 1. The Labute approximate surface area is 175 Å². The number of benzene rings is 2. The average molecular weight is 426 g/mol. The number of morpholine rings is 1. The zero-order valence-corrected chi connectivity index (χ0v) is 16.5. The van der Waals surface area contributed by atoms with E-state index in [2.05, 4.69) is 15.0 Å². The van der Waals surface area contributed by atoms with Crippen LogP contribution in [0, 0.1) is 10.1 Å². The number of anilines is 2. The molecular formula is C20H18N4O7. The van der Waals surface area contributed by atoms with Crippen LogP contribution >= 0.6 is 0 Å². The first-order chi connectivity index (χ1) is 15.0. The highest BCUT2D eigenvalue weighted by Crippen LogP contribution is 2.30. The molecule has 160 valence electrons. The molecule has 2 aromatic carbocycles. The Bertz CT molecular complexity index is 1170. The van der Waals surface area contributed by atoms with Gasteiger partial charge in [-0.25, -0.2) is 4.79 Å². The Balaban J connectivity index is 1.57. The third-order valence-electron chi connectivity index (χ3n) is 4.82. The van der Waals surface area contributed by atoms with Crippen molar-refractivity contribution in [3.8, 4) is 0 Å². The van der Waals surface area contributed by atoms with Gasteiger partial charge in [0.15, 0.2) is 5.58 Å². The highest BCUT2D eigenvalue weighted by Gasteiger charge is 2.24. The second-order valence-electron chi connectivity index (χ2n) is 6.71. The maximum Gasteiger partial charge on any atom is 0.337 e. The van der Waals surface area contributed by atoms with Crippen LogP contribution in [0.15, 0.2) is 40.8 Å². The smallest absolute Gasteiger partial charge is 0.337 e. The molecule has 1 saturated heterocycles. The van der Waals surface area contributed by atoms with Crippen molar-refractivity contribution in [3.63, 3.8) is 0 Å². The molecule has 1 amide bonds. The average Bonchev–Trinajstić information content (AvgIpc) is 3.20. The maximum atomic E-state index is 12.6. The molecule has 1 fully saturated rings. The van der Waals surface area contributed by atoms with E-state index in [0.29, 0.717) is 43.1 Å². The van der Waals surface area contributed by atoms with Gasteiger partial charge in [0, 0.05) is 24.7 Å². The summed E-state index contributed by atoms with van der Waals surface area (Å²) in [6.45, 7) is 2.02. The van der Waals surface area contributed by atoms with Gasteiger partial charge in [0.05, 0.1) is 30.8 Å². The van der Waals surface area contributed by atoms with Crippen LogP contribution in [0.5, 0.6) is 0 Å². The molecule has 31 heavy (non-hydrogen) atoms. The van der Waals surface area contributed by atoms with E-state index in [1.165, 1.54) is 37.4 Å². The minimum atomic E-state index is -0.614. The maximum absolute atomic E-state index is 12.6. The lowest BCUT2D eigenvalue weighted by Gasteiger charge is -2.28. The van der Waals surface area contributed by atoms with Gasteiger partial charge in [-0.15, -0.1) is 0 Å². The van der Waals surface area contributed by atoms with Gasteiger partial charge in [-0.3, -0.25) is 20.2 Å². The second-order valence-corrected chi connectivity index (χ2v) is 6.71. The minimum absolute atomic E-state index is 0.0845. The molecule has 1 N–H and O–H groups in total. The fraction of sp³-hybridized carbons (Fsp3) is 0.250. The molecular weight excluding hydrogens is 408 g/mol. The number of fused-ring (bicyclic) bond motifs is 1. The molecule has 0 bridgehead atoms. The Morgan fingerprint density at radius 1 is 1.16 bits per heavy atom. The number of nitro groups is 1. The summed E-state index contributed by atoms with van der Waals surface area (Å²) in [5.41, 5.74) is 1.34. The van der Waals surface area contributed by atoms with Crippen molar-refractivity contribution in [2.24, 2.45) is 0 Å². The summed E-state index contributed by atoms with van der Waals surface area (Å²) in [6.07, 6.45) is 0. The minimum Gasteiger partial charge on any atom is -0.465 e. The van der Waals surface area contributed by atoms with Crippen molar-refractivity contribution >= 4 is 40.4 Å². The SMILES string of the molecule is COC(=O)c1ccc2oc(NC(=O)c3ccc(N4CCOCC4)c([N+](=O)[O-])c3)nc2c1. The lowest BCUT2D eigenvalue weighted by atomic mass is 10.1. The van der Waals surface area contributed by atoms with Crippen LogP contribution in [0.25, 0.3) is 11.1 Å². The quantitative estimate of drug-likeness (QED) is 0.371. The second kappa shape index (κ2) is 8.40. The van der Waals surface area contributed by atoms with Crippen LogP contribution < -0.4 is 10.2 Å². The summed E-state index contributed by atoms with van der Waals surface area (Å²) < 4.78 is 15.4. The molecule has 1 aromatic heterocycles. The van der Waals surface area contributed by atoms with E-state index in [9.17, 15) is 19.7 Å². The van der Waals surface area contributed by atoms with Crippen molar-refractivity contribution in [2.45, 2.75) is 0 Å². The van der Waals surface area contributed by atoms with E-state index in [-0.39, 0.29) is 22.8 Å². The molecule has 0 atom stereocenters. The number of carbonyl (C=O) groups excluding carboxylic acids is 2. The van der Waals surface area contributed by atoms with Crippen molar-refractivity contribution in [3.05, 3.63) is 57.6 Å². The number of methoxy groups -OCH3 is 1. The fourth-order valence-corrected chi connectivity index (χ4v) is 3.28. The van der Waals surface area contributed by atoms with Crippen molar-refractivity contribution in [1.29, 1.82) is 0 Å². The van der Waals surface area contributed by atoms with E-state index in [1.807, 2.05) is 4.90 Å². The number of oxazole rings is 1. The van der Waals surface area contributed by atoms with Gasteiger partial charge in [-0.1, -0.05) is 0 Å². The van der Waals surface area contributed by atoms with Gasteiger partial charge < -0.3 is 18.8 Å². The molecule has 0 aliphatic carbocycles. The van der Waals surface area contributed by atoms with Gasteiger partial charge in [0.1, 0.15) is 11.2 Å². The van der Waals surface area contributed by atoms with Gasteiger partial charge in [0.25, 0.3) is 11.6 Å². The molecule has 0 spiro atoms. The van der Waals surface area contributed by atoms with E-state index in [0.717, 1.165) is 0 Å². The number of rotatable bonds is 5. The van der Waals surface area contributed by atoms with Gasteiger partial charge in [-0.2, -0.15) is 4.98 Å². The summed E-state index contributed by atoms with van der Waals surface area (Å²) in [5.74, 6) is -1.14. The van der Waals surface area contributed by atoms with Crippen LogP contribution in [-0.4, -0.2) is 55.2 Å². The number of aromatic nitrogens is 1. The highest BCUT2D eigenvalue weighted by atomic mass is 16.6. The molecule has 4 rings (SSSR count). The van der Waals surface area contributed by atoms with Gasteiger partial charge >= 0.3 is 12.0 Å². The normalized spacial score (nSPS) is 13.8. The van der Waals surface area contributed by atoms with Crippen LogP contribution in [0.3, 0.4) is 0 Å². The number of nitrogens with zero attached hydrogens (tertiary/aromatic N) is 3. The number of carbonyl (C=O) groups is 2. The lowest BCUT2D eigenvalue weighted by molar-refractivity contribution is -0.384. The lowest BCUT2D eigenvalue weighted by Crippen LogP contribution is -2.36. The predicted octanol–water partition coefficient (Wildman–Crippen LogP) is 2.61. The zero-order chi connectivity index (χ0) is 22.0. The summed E-state index contributed by atoms with van der Waals surface area (Å²) in [6, 6.07) is 8.70. The summed E-state index contributed by atoms with van der Waals surface area (Å²) in [7, 11) is 1.27. The van der Waals surface area contributed by atoms with Crippen LogP contribution in [0.2, 0.25) is 0 Å². The molecule has 0 radical (unpaired) electrons. The zero-order valence-electron chi connectivity index (χ0n) is 16.5. The van der Waals surface area contributed by atoms with Crippen molar-refractivity contribution in [2.75, 3.05) is 43.6 Å². The van der Waals surface area contributed by atoms with Crippen LogP contribution in [-0.2, 0) is 9.47 Å². The summed E-state index contributed by atoms with van der Waals surface area (Å²) in [5, 5.41) is 14.1. The molecule has 11 heteroatoms. The Morgan fingerprint density at radius 2 is 1.90 bits per heavy atom. The summed E-state index contributed by atoms with van der Waals surface area (Å²) in [4.78, 5) is 41.3. The standard InChI is InChI=1S/C20H18N4O7/c1-29-19(26)13-3-5-17-14(10-13)21-20(31-17)22-18(25)12-2-4-15(16(11-12)24(27)28)23-6-8-30-9-7-23/h2-5,10-11H,6-9H2,1H3,(H,21,22,25). The topological polar surface area (TPSA) is 137 Å². The molecule has 3 aromatic rings. The molecule has 11 nitrogen and oxygen atoms in total. The predicted molar refractivity (Wildman–Crippen MR) is 109 cm³/mol. The first-order valence-corrected chi connectivity index (χ1v) is 9.37. The van der Waals surface area contributed by atoms with E-state index in [1.54, 1.807) is 6.07 Å². The number of amides is 1. The Morgan fingerprint density at radius 3 is 2.61 bits per heavy atom. The molecule has 1 aliphatic heterocycles. The fourth-order valence-electron chi connectivity index (χ4n) is 3.28. The monoisotopic (exact) mass is 426 g/mol. The van der Waals surface area contributed by atoms with Gasteiger partial charge in [-0.05, 0) is 30.3 Å². The first-order valence-electron chi connectivity index (χ1n) is 9.37. The molecule has 1 aliphatic rings. The third kappa shape index (κ3) is 4.16. The van der Waals surface area contributed by atoms with Crippen molar-refractivity contribution < 1.29 is 28.4 Å². The molecule has 0 saturated carbocycles. The Hall–Kier alpha value is -3.99. The van der Waals surface area contributed by atoms with Crippen molar-refractivity contribution in [1.82, 2.24) is 4.98 Å². The van der Waals surface area contributed by atoms with E-state index >= 15 is 0 Å². The van der Waals surface area contributed by atoms with Crippen LogP contribution in [0.4, 0.5) is 17.4 Å². The summed E-state index contributed by atoms with van der Waals surface area (Å²) >= 11 is 0. The largest absolute Gasteiger partial charge is 0.465 e. The third-order valence-corrected chi connectivity index (χ3v) is 4.82. The number of ether oxygens (including phenoxy) is 2. The van der Waals surface area contributed by atoms with Crippen LogP contribution in [0.1, 0.15) is 20.7 Å². The Kier molecular flexibility index (Phi) is 5.50. The number of hydrogen-bond donors (Lipinski definition) is 1. The van der Waals surface area contributed by atoms with Gasteiger partial charge in [0.2, 0.25) is 0 Å². The molecule has 0 unspecified atom stereocenters. The van der Waals surface area contributed by atoms with E-state index in [4.69, 9.17) is 9.15 Å². The molecule has 2 heterocycles. The van der Waals surface area contributed by atoms with E-state index < -0.39 is 16.8 Å². The highest BCUT2D eigenvalue weighted by molar-refractivity contribution is 6.04.